The van der Waals surface area contributed by atoms with Crippen LogP contribution in [0, 0.1) is 6.92 Å². The Morgan fingerprint density at radius 1 is 1.39 bits per heavy atom. The lowest BCUT2D eigenvalue weighted by Crippen LogP contribution is -2.37. The summed E-state index contributed by atoms with van der Waals surface area (Å²) in [5.41, 5.74) is 1.31. The molecule has 0 saturated heterocycles. The average molecular weight is 417 g/mol. The van der Waals surface area contributed by atoms with Gasteiger partial charge < -0.3 is 15.2 Å². The first-order chi connectivity index (χ1) is 13.5. The van der Waals surface area contributed by atoms with E-state index in [-0.39, 0.29) is 10.8 Å². The quantitative estimate of drug-likeness (QED) is 0.710. The minimum atomic E-state index is -1.43. The lowest BCUT2D eigenvalue weighted by Gasteiger charge is -2.19. The highest BCUT2D eigenvalue weighted by Gasteiger charge is 2.29. The summed E-state index contributed by atoms with van der Waals surface area (Å²) in [5, 5.41) is 17.2. The molecule has 0 bridgehead atoms. The number of aryl methyl sites for hydroxylation is 1. The zero-order valence-corrected chi connectivity index (χ0v) is 16.3. The number of anilines is 1. The predicted molar refractivity (Wildman–Crippen MR) is 106 cm³/mol. The monoisotopic (exact) mass is 417 g/mol. The van der Waals surface area contributed by atoms with Gasteiger partial charge in [-0.1, -0.05) is 12.2 Å². The number of aromatic nitrogens is 1. The number of hydrogen-bond donors (Lipinski definition) is 2. The van der Waals surface area contributed by atoms with Gasteiger partial charge in [0.05, 0.1) is 11.3 Å². The number of carbonyl (C=O) groups excluding carboxylic acids is 2. The molecule has 0 saturated carbocycles. The molecule has 1 aliphatic heterocycles. The van der Waals surface area contributed by atoms with Crippen molar-refractivity contribution < 1.29 is 24.2 Å². The zero-order valence-electron chi connectivity index (χ0n) is 14.6. The van der Waals surface area contributed by atoms with Gasteiger partial charge in [0.2, 0.25) is 0 Å². The number of hydrogen-bond acceptors (Lipinski definition) is 7. The van der Waals surface area contributed by atoms with Crippen molar-refractivity contribution in [1.82, 2.24) is 10.3 Å². The van der Waals surface area contributed by atoms with E-state index in [4.69, 9.17) is 4.74 Å². The number of rotatable bonds is 2. The number of nitrogens with one attached hydrogen (secondary N) is 1. The molecular weight excluding hydrogens is 402 g/mol. The molecule has 0 atom stereocenters. The van der Waals surface area contributed by atoms with E-state index < -0.39 is 18.0 Å². The van der Waals surface area contributed by atoms with Gasteiger partial charge in [-0.2, -0.15) is 0 Å². The van der Waals surface area contributed by atoms with Gasteiger partial charge in [-0.25, -0.2) is 19.5 Å². The highest BCUT2D eigenvalue weighted by Crippen LogP contribution is 2.27. The van der Waals surface area contributed by atoms with Crippen LogP contribution in [0.3, 0.4) is 0 Å². The molecule has 1 aliphatic carbocycles. The molecule has 10 heteroatoms. The van der Waals surface area contributed by atoms with Crippen molar-refractivity contribution in [3.8, 4) is 0 Å². The summed E-state index contributed by atoms with van der Waals surface area (Å²) in [6.45, 7) is 1.70. The third-order valence-electron chi connectivity index (χ3n) is 3.61. The van der Waals surface area contributed by atoms with E-state index in [1.54, 1.807) is 35.3 Å². The zero-order chi connectivity index (χ0) is 20.1. The largest absolute Gasteiger partial charge is 0.464 e. The van der Waals surface area contributed by atoms with Gasteiger partial charge in [-0.05, 0) is 35.8 Å². The van der Waals surface area contributed by atoms with Gasteiger partial charge in [-0.3, -0.25) is 4.79 Å². The number of fused-ring (bicyclic) bond motifs is 1. The van der Waals surface area contributed by atoms with Gasteiger partial charge in [-0.15, -0.1) is 23.1 Å². The minimum absolute atomic E-state index is 0.0632. The maximum atomic E-state index is 12.5. The van der Waals surface area contributed by atoms with Crippen molar-refractivity contribution in [2.24, 2.45) is 0 Å². The Balaban J connectivity index is 2.02. The van der Waals surface area contributed by atoms with Crippen molar-refractivity contribution in [3.05, 3.63) is 69.4 Å². The lowest BCUT2D eigenvalue weighted by atomic mass is 10.0. The molecule has 28 heavy (non-hydrogen) atoms. The molecule has 0 radical (unpaired) electrons. The molecule has 1 aromatic rings. The van der Waals surface area contributed by atoms with Crippen LogP contribution in [-0.4, -0.2) is 28.1 Å². The van der Waals surface area contributed by atoms with E-state index in [0.717, 1.165) is 23.2 Å². The Labute approximate surface area is 168 Å². The number of esters is 1. The van der Waals surface area contributed by atoms with Crippen LogP contribution in [0.15, 0.2) is 63.7 Å². The molecule has 0 aromatic carbocycles. The second-order valence-electron chi connectivity index (χ2n) is 5.57. The number of thiazole rings is 1. The van der Waals surface area contributed by atoms with Gasteiger partial charge >= 0.3 is 12.1 Å². The summed E-state index contributed by atoms with van der Waals surface area (Å²) in [6.07, 6.45) is 6.60. The number of carbonyl (C=O) groups is 3. The third kappa shape index (κ3) is 4.41. The summed E-state index contributed by atoms with van der Waals surface area (Å²) in [4.78, 5) is 41.7. The molecule has 0 fully saturated rings. The van der Waals surface area contributed by atoms with Gasteiger partial charge in [0.1, 0.15) is 6.26 Å². The first-order valence-corrected chi connectivity index (χ1v) is 9.83. The molecular formula is C18H15N3O5S2. The van der Waals surface area contributed by atoms with Crippen molar-refractivity contribution >= 4 is 46.2 Å². The van der Waals surface area contributed by atoms with E-state index in [9.17, 15) is 19.5 Å². The van der Waals surface area contributed by atoms with Gasteiger partial charge in [0.25, 0.3) is 5.91 Å². The molecule has 2 heterocycles. The van der Waals surface area contributed by atoms with E-state index in [1.807, 2.05) is 6.08 Å². The highest BCUT2D eigenvalue weighted by molar-refractivity contribution is 8.04. The fraction of sp³-hybridized carbons (Fsp3) is 0.111. The molecule has 3 rings (SSSR count). The maximum absolute atomic E-state index is 12.5. The second kappa shape index (κ2) is 8.72. The number of allylic oxidation sites excluding steroid dienone is 3. The Morgan fingerprint density at radius 2 is 2.21 bits per heavy atom. The fourth-order valence-corrected chi connectivity index (χ4v) is 3.76. The van der Waals surface area contributed by atoms with Crippen molar-refractivity contribution in [3.63, 3.8) is 0 Å². The van der Waals surface area contributed by atoms with E-state index in [0.29, 0.717) is 22.6 Å². The van der Waals surface area contributed by atoms with Crippen molar-refractivity contribution in [2.75, 3.05) is 4.90 Å². The first-order valence-electron chi connectivity index (χ1n) is 8.01. The Morgan fingerprint density at radius 3 is 2.93 bits per heavy atom. The van der Waals surface area contributed by atoms with E-state index in [1.165, 1.54) is 18.0 Å². The number of amides is 2. The summed E-state index contributed by atoms with van der Waals surface area (Å²) >= 11 is 2.32. The fourth-order valence-electron chi connectivity index (χ4n) is 2.34. The highest BCUT2D eigenvalue weighted by atomic mass is 32.2. The summed E-state index contributed by atoms with van der Waals surface area (Å²) in [7, 11) is 0. The van der Waals surface area contributed by atoms with E-state index in [2.05, 4.69) is 10.3 Å². The first kappa shape index (κ1) is 19.6. The molecule has 0 spiro atoms. The lowest BCUT2D eigenvalue weighted by molar-refractivity contribution is -0.133. The Hall–Kier alpha value is -3.11. The van der Waals surface area contributed by atoms with Crippen molar-refractivity contribution in [1.29, 1.82) is 0 Å². The van der Waals surface area contributed by atoms with Crippen LogP contribution in [0.5, 0.6) is 0 Å². The average Bonchev–Trinajstić information content (AvgIpc) is 3.09. The second-order valence-corrected chi connectivity index (χ2v) is 7.18. The van der Waals surface area contributed by atoms with Crippen LogP contribution in [0.4, 0.5) is 9.93 Å². The third-order valence-corrected chi connectivity index (χ3v) is 5.27. The number of ether oxygens (including phenoxy) is 1. The van der Waals surface area contributed by atoms with Crippen LogP contribution in [0.1, 0.15) is 12.1 Å². The van der Waals surface area contributed by atoms with Crippen LogP contribution in [-0.2, 0) is 14.3 Å². The van der Waals surface area contributed by atoms with Crippen LogP contribution in [0.25, 0.3) is 0 Å². The Kier molecular flexibility index (Phi) is 6.12. The van der Waals surface area contributed by atoms with Crippen LogP contribution >= 0.6 is 23.1 Å². The number of nitrogens with zero attached hydrogens (tertiary/aromatic N) is 2. The number of thioether (sulfide) groups is 1. The normalized spacial score (nSPS) is 22.0. The van der Waals surface area contributed by atoms with Crippen LogP contribution in [0.2, 0.25) is 0 Å². The molecule has 0 unspecified atom stereocenters. The number of carboxylic acid groups (broad SMARTS) is 1. The van der Waals surface area contributed by atoms with E-state index >= 15 is 0 Å². The summed E-state index contributed by atoms with van der Waals surface area (Å²) in [5.74, 6) is -1.45. The van der Waals surface area contributed by atoms with Gasteiger partial charge in [0, 0.05) is 11.6 Å². The standard InChI is InChI=1S/C18H15N3O5S2/c1-11-9-28-17(20-11)21(18(24)25)14-8-26-16(23)13-5-3-2-4-12(13)10-27-7-6-19-15(14)22/h2-3,5-10H,4H2,1H3,(H,19,22)(H,24,25)/b7-6-,12-10+,14-8+. The summed E-state index contributed by atoms with van der Waals surface area (Å²) < 4.78 is 5.16. The SMILES string of the molecule is Cc1csc(N(C(=O)O)/C2=C/OC(=O)C3=CC=CC/C3=C\S/C=C\NC2=O)n1. The topological polar surface area (TPSA) is 109 Å². The molecule has 1 aromatic heterocycles. The molecule has 2 aliphatic rings. The Bertz CT molecular complexity index is 972. The van der Waals surface area contributed by atoms with Crippen LogP contribution < -0.4 is 10.2 Å². The minimum Gasteiger partial charge on any atom is -0.464 e. The number of cyclic esters (lactones) is 1. The molecule has 144 valence electrons. The van der Waals surface area contributed by atoms with Gasteiger partial charge in [0.15, 0.2) is 10.8 Å². The predicted octanol–water partition coefficient (Wildman–Crippen LogP) is 3.42. The summed E-state index contributed by atoms with van der Waals surface area (Å²) in [6, 6.07) is 0. The molecule has 2 N–H and O–H groups in total. The molecule has 2 amide bonds. The molecule has 8 nitrogen and oxygen atoms in total. The smallest absolute Gasteiger partial charge is 0.418 e. The van der Waals surface area contributed by atoms with Crippen molar-refractivity contribution in [2.45, 2.75) is 13.3 Å². The maximum Gasteiger partial charge on any atom is 0.418 e.